The van der Waals surface area contributed by atoms with Gasteiger partial charge < -0.3 is 4.90 Å². The predicted octanol–water partition coefficient (Wildman–Crippen LogP) is 10.4. The minimum absolute atomic E-state index is 0.152. The van der Waals surface area contributed by atoms with Gasteiger partial charge in [0.1, 0.15) is 5.69 Å². The minimum Gasteiger partial charge on any atom is -0.372 e. The molecular formula is C32H42N2OS. The molecule has 0 amide bonds. The number of hydrogen-bond donors (Lipinski definition) is 0. The number of benzene rings is 3. The third-order valence-electron chi connectivity index (χ3n) is 6.64. The largest absolute Gasteiger partial charge is 0.372 e. The number of rotatable bonds is 13. The lowest BCUT2D eigenvalue weighted by atomic mass is 9.86. The molecule has 0 atom stereocenters. The highest BCUT2D eigenvalue weighted by Gasteiger charge is 2.14. The van der Waals surface area contributed by atoms with Crippen LogP contribution < -0.4 is 4.90 Å². The fourth-order valence-corrected chi connectivity index (χ4v) is 5.25. The van der Waals surface area contributed by atoms with Crippen LogP contribution in [0.25, 0.3) is 11.1 Å². The first kappa shape index (κ1) is 28.0. The summed E-state index contributed by atoms with van der Waals surface area (Å²) in [5.41, 5.74) is 5.59. The Morgan fingerprint density at radius 2 is 1.31 bits per heavy atom. The Hall–Kier alpha value is -2.59. The van der Waals surface area contributed by atoms with Crippen LogP contribution >= 0.6 is 11.8 Å². The molecule has 3 nitrogen and oxygen atoms in total. The summed E-state index contributed by atoms with van der Waals surface area (Å²) in [5.74, 6) is 0. The van der Waals surface area contributed by atoms with Gasteiger partial charge in [-0.25, -0.2) is 0 Å². The maximum Gasteiger partial charge on any atom is 0.122 e. The van der Waals surface area contributed by atoms with Gasteiger partial charge in [-0.15, -0.1) is 4.91 Å². The van der Waals surface area contributed by atoms with Gasteiger partial charge in [-0.3, -0.25) is 0 Å². The Bertz CT molecular complexity index is 1070. The molecular weight excluding hydrogens is 460 g/mol. The molecule has 3 aromatic rings. The second kappa shape index (κ2) is 13.6. The summed E-state index contributed by atoms with van der Waals surface area (Å²) in [4.78, 5) is 16.1. The summed E-state index contributed by atoms with van der Waals surface area (Å²) >= 11 is 1.62. The summed E-state index contributed by atoms with van der Waals surface area (Å²) in [6, 6.07) is 23.5. The first-order valence-electron chi connectivity index (χ1n) is 13.5. The quantitative estimate of drug-likeness (QED) is 0.172. The normalized spacial score (nSPS) is 11.5. The molecule has 4 heteroatoms. The van der Waals surface area contributed by atoms with Crippen molar-refractivity contribution in [2.24, 2.45) is 5.18 Å². The Balaban J connectivity index is 1.78. The molecule has 192 valence electrons. The molecule has 36 heavy (non-hydrogen) atoms. The molecule has 0 aromatic heterocycles. The van der Waals surface area contributed by atoms with Crippen molar-refractivity contribution in [2.45, 2.75) is 88.3 Å². The van der Waals surface area contributed by atoms with Crippen molar-refractivity contribution in [1.82, 2.24) is 0 Å². The smallest absolute Gasteiger partial charge is 0.122 e. The maximum atomic E-state index is 11.6. The van der Waals surface area contributed by atoms with Gasteiger partial charge in [0.25, 0.3) is 0 Å². The van der Waals surface area contributed by atoms with E-state index in [9.17, 15) is 4.91 Å². The third kappa shape index (κ3) is 7.96. The highest BCUT2D eigenvalue weighted by molar-refractivity contribution is 7.99. The summed E-state index contributed by atoms with van der Waals surface area (Å²) in [5, 5.41) is 3.32. The van der Waals surface area contributed by atoms with E-state index in [-0.39, 0.29) is 5.41 Å². The van der Waals surface area contributed by atoms with Crippen molar-refractivity contribution in [3.63, 3.8) is 0 Å². The van der Waals surface area contributed by atoms with Crippen LogP contribution in [0.15, 0.2) is 81.7 Å². The van der Waals surface area contributed by atoms with Crippen LogP contribution in [0.1, 0.15) is 78.7 Å². The zero-order valence-corrected chi connectivity index (χ0v) is 23.5. The molecule has 0 unspecified atom stereocenters. The van der Waals surface area contributed by atoms with Crippen LogP contribution in [0.5, 0.6) is 0 Å². The van der Waals surface area contributed by atoms with E-state index in [0.29, 0.717) is 5.69 Å². The lowest BCUT2D eigenvalue weighted by Gasteiger charge is -2.25. The number of hydrogen-bond acceptors (Lipinski definition) is 4. The molecule has 0 aliphatic carbocycles. The van der Waals surface area contributed by atoms with Gasteiger partial charge in [0.15, 0.2) is 0 Å². The Labute approximate surface area is 222 Å². The molecule has 0 saturated heterocycles. The number of anilines is 1. The first-order valence-corrected chi connectivity index (χ1v) is 14.3. The Kier molecular flexibility index (Phi) is 10.6. The van der Waals surface area contributed by atoms with E-state index >= 15 is 0 Å². The summed E-state index contributed by atoms with van der Waals surface area (Å²) in [6.07, 6.45) is 7.30. The van der Waals surface area contributed by atoms with Gasteiger partial charge in [-0.2, -0.15) is 0 Å². The van der Waals surface area contributed by atoms with Gasteiger partial charge >= 0.3 is 0 Å². The maximum absolute atomic E-state index is 11.6. The third-order valence-corrected chi connectivity index (χ3v) is 7.69. The van der Waals surface area contributed by atoms with Gasteiger partial charge in [-0.05, 0) is 70.5 Å². The highest BCUT2D eigenvalue weighted by Crippen LogP contribution is 2.38. The van der Waals surface area contributed by atoms with Crippen molar-refractivity contribution in [1.29, 1.82) is 0 Å². The molecule has 0 aliphatic rings. The second-order valence-corrected chi connectivity index (χ2v) is 11.7. The van der Waals surface area contributed by atoms with E-state index in [1.54, 1.807) is 11.8 Å². The van der Waals surface area contributed by atoms with Crippen molar-refractivity contribution < 1.29 is 0 Å². The predicted molar refractivity (Wildman–Crippen MR) is 158 cm³/mol. The van der Waals surface area contributed by atoms with Crippen LogP contribution in [0.2, 0.25) is 0 Å². The Morgan fingerprint density at radius 3 is 1.81 bits per heavy atom. The topological polar surface area (TPSA) is 32.7 Å². The zero-order valence-electron chi connectivity index (χ0n) is 22.7. The van der Waals surface area contributed by atoms with Crippen LogP contribution in [0.4, 0.5) is 11.4 Å². The van der Waals surface area contributed by atoms with E-state index in [4.69, 9.17) is 0 Å². The zero-order chi connectivity index (χ0) is 26.0. The van der Waals surface area contributed by atoms with Gasteiger partial charge in [-0.1, -0.05) is 108 Å². The molecule has 0 fully saturated rings. The molecule has 0 bridgehead atoms. The fourth-order valence-electron chi connectivity index (χ4n) is 4.34. The van der Waals surface area contributed by atoms with Gasteiger partial charge in [0, 0.05) is 28.6 Å². The van der Waals surface area contributed by atoms with E-state index in [2.05, 4.69) is 105 Å². The molecule has 3 rings (SSSR count). The second-order valence-electron chi connectivity index (χ2n) is 10.6. The molecule has 0 aliphatic heterocycles. The average molecular weight is 503 g/mol. The van der Waals surface area contributed by atoms with Crippen molar-refractivity contribution >= 4 is 23.1 Å². The minimum atomic E-state index is 0.152. The lowest BCUT2D eigenvalue weighted by molar-refractivity contribution is 0.590. The van der Waals surface area contributed by atoms with Crippen LogP contribution in [0, 0.1) is 4.91 Å². The molecule has 0 spiro atoms. The highest BCUT2D eigenvalue weighted by atomic mass is 32.2. The van der Waals surface area contributed by atoms with Crippen LogP contribution in [0.3, 0.4) is 0 Å². The van der Waals surface area contributed by atoms with E-state index in [1.807, 2.05) is 6.07 Å². The van der Waals surface area contributed by atoms with Gasteiger partial charge in [0.2, 0.25) is 0 Å². The average Bonchev–Trinajstić information content (AvgIpc) is 2.88. The van der Waals surface area contributed by atoms with E-state index < -0.39 is 0 Å². The molecule has 3 aromatic carbocycles. The van der Waals surface area contributed by atoms with Crippen molar-refractivity contribution in [3.05, 3.63) is 77.2 Å². The lowest BCUT2D eigenvalue weighted by Crippen LogP contribution is -2.25. The van der Waals surface area contributed by atoms with E-state index in [0.717, 1.165) is 22.9 Å². The summed E-state index contributed by atoms with van der Waals surface area (Å²) < 4.78 is 0. The number of nitrogens with zero attached hydrogens (tertiary/aromatic N) is 2. The van der Waals surface area contributed by atoms with E-state index in [1.165, 1.54) is 60.9 Å². The molecule has 0 saturated carbocycles. The summed E-state index contributed by atoms with van der Waals surface area (Å²) in [6.45, 7) is 13.3. The SMILES string of the molecule is CCCCCN(CCCCC)c1ccc(N=O)c(Sc2ccc(-c3ccc(C(C)(C)C)cc3)cc2)c1. The van der Waals surface area contributed by atoms with Crippen molar-refractivity contribution in [2.75, 3.05) is 18.0 Å². The monoisotopic (exact) mass is 502 g/mol. The molecule has 0 N–H and O–H groups in total. The molecule has 0 radical (unpaired) electrons. The Morgan fingerprint density at radius 1 is 0.750 bits per heavy atom. The standard InChI is InChI=1S/C32H42N2OS/c1-6-8-10-22-34(23-11-9-7-2)28-18-21-30(33-35)31(24-28)36-29-19-14-26(15-20-29)25-12-16-27(17-13-25)32(3,4)5/h12-21,24H,6-11,22-23H2,1-5H3. The fraction of sp³-hybridized carbons (Fsp3) is 0.438. The summed E-state index contributed by atoms with van der Waals surface area (Å²) in [7, 11) is 0. The first-order chi connectivity index (χ1) is 17.4. The number of unbranched alkanes of at least 4 members (excludes halogenated alkanes) is 4. The molecule has 0 heterocycles. The number of nitroso groups, excluding NO2 is 1. The van der Waals surface area contributed by atoms with Crippen LogP contribution in [-0.4, -0.2) is 13.1 Å². The van der Waals surface area contributed by atoms with Crippen LogP contribution in [-0.2, 0) is 5.41 Å². The van der Waals surface area contributed by atoms with Crippen molar-refractivity contribution in [3.8, 4) is 11.1 Å². The van der Waals surface area contributed by atoms with Gasteiger partial charge in [0.05, 0.1) is 0 Å².